The number of hydrogen-bond acceptors (Lipinski definition) is 4. The maximum Gasteiger partial charge on any atom is 0.289 e. The maximum atomic E-state index is 12.1. The van der Waals surface area contributed by atoms with Gasteiger partial charge in [0.05, 0.1) is 12.2 Å². The molecule has 110 valence electrons. The van der Waals surface area contributed by atoms with Crippen molar-refractivity contribution in [3.63, 3.8) is 0 Å². The molecule has 2 aliphatic heterocycles. The third-order valence-corrected chi connectivity index (χ3v) is 3.74. The first-order chi connectivity index (χ1) is 9.25. The molecule has 2 fully saturated rings. The van der Waals surface area contributed by atoms with Crippen LogP contribution in [0.25, 0.3) is 0 Å². The maximum absolute atomic E-state index is 12.1. The molecule has 3 heterocycles. The summed E-state index contributed by atoms with van der Waals surface area (Å²) in [5, 5.41) is 3.10. The summed E-state index contributed by atoms with van der Waals surface area (Å²) >= 11 is 0. The Hall–Kier alpha value is -1.53. The summed E-state index contributed by atoms with van der Waals surface area (Å²) in [5.41, 5.74) is 0. The van der Waals surface area contributed by atoms with Crippen molar-refractivity contribution < 1.29 is 14.0 Å². The molecule has 0 unspecified atom stereocenters. The molecule has 7 heteroatoms. The van der Waals surface area contributed by atoms with Crippen LogP contribution in [0.15, 0.2) is 22.8 Å². The Morgan fingerprint density at radius 2 is 1.80 bits per heavy atom. The Morgan fingerprint density at radius 3 is 2.30 bits per heavy atom. The summed E-state index contributed by atoms with van der Waals surface area (Å²) in [4.78, 5) is 27.7. The molecule has 6 nitrogen and oxygen atoms in total. The van der Waals surface area contributed by atoms with E-state index in [0.29, 0.717) is 31.9 Å². The monoisotopic (exact) mass is 299 g/mol. The van der Waals surface area contributed by atoms with Gasteiger partial charge >= 0.3 is 0 Å². The van der Waals surface area contributed by atoms with Crippen molar-refractivity contribution in [3.05, 3.63) is 24.2 Å². The molecule has 2 saturated heterocycles. The van der Waals surface area contributed by atoms with Gasteiger partial charge in [-0.2, -0.15) is 0 Å². The van der Waals surface area contributed by atoms with Gasteiger partial charge in [-0.25, -0.2) is 0 Å². The second-order valence-corrected chi connectivity index (χ2v) is 4.95. The quantitative estimate of drug-likeness (QED) is 0.847. The highest BCUT2D eigenvalue weighted by Gasteiger charge is 2.32. The van der Waals surface area contributed by atoms with E-state index in [9.17, 15) is 9.59 Å². The Kier molecular flexibility index (Phi) is 4.67. The second-order valence-electron chi connectivity index (χ2n) is 4.95. The molecule has 1 aromatic heterocycles. The summed E-state index contributed by atoms with van der Waals surface area (Å²) in [6, 6.07) is 3.37. The van der Waals surface area contributed by atoms with Gasteiger partial charge in [0.1, 0.15) is 0 Å². The molecule has 0 spiro atoms. The summed E-state index contributed by atoms with van der Waals surface area (Å²) in [7, 11) is 0. The number of nitrogens with zero attached hydrogens (tertiary/aromatic N) is 2. The molecule has 0 bridgehead atoms. The molecular formula is C13H18ClN3O3. The van der Waals surface area contributed by atoms with Gasteiger partial charge in [-0.3, -0.25) is 9.59 Å². The van der Waals surface area contributed by atoms with Gasteiger partial charge < -0.3 is 19.5 Å². The van der Waals surface area contributed by atoms with Crippen molar-refractivity contribution in [2.24, 2.45) is 5.92 Å². The fourth-order valence-electron chi connectivity index (χ4n) is 2.41. The van der Waals surface area contributed by atoms with Gasteiger partial charge in [0.25, 0.3) is 5.91 Å². The molecule has 1 N–H and O–H groups in total. The summed E-state index contributed by atoms with van der Waals surface area (Å²) < 4.78 is 5.11. The molecule has 0 saturated carbocycles. The van der Waals surface area contributed by atoms with Crippen molar-refractivity contribution in [1.82, 2.24) is 15.1 Å². The van der Waals surface area contributed by atoms with E-state index in [0.717, 1.165) is 13.1 Å². The van der Waals surface area contributed by atoms with Gasteiger partial charge in [-0.15, -0.1) is 12.4 Å². The first kappa shape index (κ1) is 14.9. The van der Waals surface area contributed by atoms with Crippen LogP contribution in [0.2, 0.25) is 0 Å². The van der Waals surface area contributed by atoms with Crippen LogP contribution >= 0.6 is 12.4 Å². The minimum Gasteiger partial charge on any atom is -0.459 e. The summed E-state index contributed by atoms with van der Waals surface area (Å²) in [6.45, 7) is 3.94. The standard InChI is InChI=1S/C13H17N3O3.ClH/c17-12(10-8-14-9-10)15-3-5-16(6-4-15)13(18)11-2-1-7-19-11;/h1-2,7,10,14H,3-6,8-9H2;1H. The van der Waals surface area contributed by atoms with E-state index in [-0.39, 0.29) is 30.1 Å². The zero-order valence-corrected chi connectivity index (χ0v) is 11.9. The first-order valence-corrected chi connectivity index (χ1v) is 6.58. The molecule has 0 aliphatic carbocycles. The molecule has 0 radical (unpaired) electrons. The number of rotatable bonds is 2. The third-order valence-electron chi connectivity index (χ3n) is 3.74. The number of carbonyl (C=O) groups is 2. The number of halogens is 1. The molecule has 2 amide bonds. The van der Waals surface area contributed by atoms with Crippen LogP contribution in [0.4, 0.5) is 0 Å². The van der Waals surface area contributed by atoms with Crippen molar-refractivity contribution >= 4 is 24.2 Å². The Labute approximate surface area is 123 Å². The van der Waals surface area contributed by atoms with E-state index in [4.69, 9.17) is 4.42 Å². The number of carbonyl (C=O) groups excluding carboxylic acids is 2. The molecule has 0 aromatic carbocycles. The highest BCUT2D eigenvalue weighted by molar-refractivity contribution is 5.91. The first-order valence-electron chi connectivity index (χ1n) is 6.58. The summed E-state index contributed by atoms with van der Waals surface area (Å²) in [6.07, 6.45) is 1.50. The van der Waals surface area contributed by atoms with Crippen LogP contribution in [-0.2, 0) is 4.79 Å². The second kappa shape index (κ2) is 6.28. The number of hydrogen-bond donors (Lipinski definition) is 1. The molecule has 3 rings (SSSR count). The fraction of sp³-hybridized carbons (Fsp3) is 0.538. The van der Waals surface area contributed by atoms with Crippen LogP contribution in [0.5, 0.6) is 0 Å². The van der Waals surface area contributed by atoms with Crippen molar-refractivity contribution in [1.29, 1.82) is 0 Å². The average Bonchev–Trinajstić information content (AvgIpc) is 2.90. The Morgan fingerprint density at radius 1 is 1.15 bits per heavy atom. The van der Waals surface area contributed by atoms with Gasteiger partial charge in [-0.05, 0) is 12.1 Å². The van der Waals surface area contributed by atoms with Crippen LogP contribution in [0, 0.1) is 5.92 Å². The average molecular weight is 300 g/mol. The minimum atomic E-state index is -0.0950. The minimum absolute atomic E-state index is 0. The number of furan rings is 1. The van der Waals surface area contributed by atoms with E-state index in [1.165, 1.54) is 6.26 Å². The zero-order valence-electron chi connectivity index (χ0n) is 11.1. The molecule has 0 atom stereocenters. The largest absolute Gasteiger partial charge is 0.459 e. The van der Waals surface area contributed by atoms with Crippen molar-refractivity contribution in [2.45, 2.75) is 0 Å². The van der Waals surface area contributed by atoms with Gasteiger partial charge in [0, 0.05) is 39.3 Å². The topological polar surface area (TPSA) is 65.8 Å². The zero-order chi connectivity index (χ0) is 13.2. The lowest BCUT2D eigenvalue weighted by molar-refractivity contribution is -0.138. The van der Waals surface area contributed by atoms with E-state index in [1.807, 2.05) is 4.90 Å². The van der Waals surface area contributed by atoms with Crippen LogP contribution < -0.4 is 5.32 Å². The van der Waals surface area contributed by atoms with Crippen LogP contribution in [-0.4, -0.2) is 60.9 Å². The van der Waals surface area contributed by atoms with Crippen LogP contribution in [0.3, 0.4) is 0 Å². The highest BCUT2D eigenvalue weighted by atomic mass is 35.5. The normalized spacial score (nSPS) is 19.2. The predicted molar refractivity (Wildman–Crippen MR) is 74.8 cm³/mol. The van der Waals surface area contributed by atoms with E-state index < -0.39 is 0 Å². The lowest BCUT2D eigenvalue weighted by Crippen LogP contribution is -2.57. The Balaban J connectivity index is 0.00000147. The fourth-order valence-corrected chi connectivity index (χ4v) is 2.41. The molecule has 2 aliphatic rings. The van der Waals surface area contributed by atoms with E-state index in [2.05, 4.69) is 5.32 Å². The van der Waals surface area contributed by atoms with Crippen LogP contribution in [0.1, 0.15) is 10.6 Å². The number of nitrogens with one attached hydrogen (secondary N) is 1. The van der Waals surface area contributed by atoms with Gasteiger partial charge in [0.2, 0.25) is 5.91 Å². The molecule has 1 aromatic rings. The van der Waals surface area contributed by atoms with Gasteiger partial charge in [0.15, 0.2) is 5.76 Å². The van der Waals surface area contributed by atoms with Gasteiger partial charge in [-0.1, -0.05) is 0 Å². The molecular weight excluding hydrogens is 282 g/mol. The number of piperazine rings is 1. The predicted octanol–water partition coefficient (Wildman–Crippen LogP) is 0.205. The third kappa shape index (κ3) is 2.81. The smallest absolute Gasteiger partial charge is 0.289 e. The lowest BCUT2D eigenvalue weighted by Gasteiger charge is -2.38. The highest BCUT2D eigenvalue weighted by Crippen LogP contribution is 2.13. The van der Waals surface area contributed by atoms with E-state index in [1.54, 1.807) is 17.0 Å². The van der Waals surface area contributed by atoms with E-state index >= 15 is 0 Å². The Bertz CT molecular complexity index is 465. The number of amides is 2. The van der Waals surface area contributed by atoms with Crippen molar-refractivity contribution in [2.75, 3.05) is 39.3 Å². The van der Waals surface area contributed by atoms with Crippen molar-refractivity contribution in [3.8, 4) is 0 Å². The summed E-state index contributed by atoms with van der Waals surface area (Å²) in [5.74, 6) is 0.613. The molecule has 20 heavy (non-hydrogen) atoms. The SMILES string of the molecule is Cl.O=C(c1ccco1)N1CCN(C(=O)C2CNC2)CC1. The lowest BCUT2D eigenvalue weighted by atomic mass is 10.0.